The first-order valence-electron chi connectivity index (χ1n) is 9.27. The number of benzene rings is 1. The van der Waals surface area contributed by atoms with E-state index >= 15 is 0 Å². The summed E-state index contributed by atoms with van der Waals surface area (Å²) in [6, 6.07) is 9.77. The Morgan fingerprint density at radius 1 is 1.19 bits per heavy atom. The van der Waals surface area contributed by atoms with E-state index in [4.69, 9.17) is 4.42 Å². The van der Waals surface area contributed by atoms with Crippen LogP contribution < -0.4 is 5.63 Å². The van der Waals surface area contributed by atoms with Crippen LogP contribution in [0.4, 0.5) is 0 Å². The van der Waals surface area contributed by atoms with Crippen molar-refractivity contribution in [2.45, 2.75) is 38.6 Å². The normalized spacial score (nSPS) is 16.2. The van der Waals surface area contributed by atoms with Gasteiger partial charge < -0.3 is 4.42 Å². The molecule has 5 heteroatoms. The zero-order chi connectivity index (χ0) is 17.9. The van der Waals surface area contributed by atoms with Crippen molar-refractivity contribution in [2.24, 2.45) is 0 Å². The second-order valence-electron chi connectivity index (χ2n) is 6.96. The zero-order valence-electron chi connectivity index (χ0n) is 15.0. The minimum absolute atomic E-state index is 0.271. The molecule has 1 aliphatic heterocycles. The number of likely N-dealkylation sites (tertiary alicyclic amines) is 1. The second kappa shape index (κ2) is 7.38. The monoisotopic (exact) mass is 349 g/mol. The zero-order valence-corrected chi connectivity index (χ0v) is 15.0. The molecule has 0 spiro atoms. The van der Waals surface area contributed by atoms with Gasteiger partial charge in [0.15, 0.2) is 0 Å². The van der Waals surface area contributed by atoms with Crippen LogP contribution in [0.3, 0.4) is 0 Å². The van der Waals surface area contributed by atoms with Crippen LogP contribution in [0.15, 0.2) is 52.1 Å². The predicted octanol–water partition coefficient (Wildman–Crippen LogP) is 3.53. The van der Waals surface area contributed by atoms with Crippen LogP contribution in [0, 0.1) is 0 Å². The summed E-state index contributed by atoms with van der Waals surface area (Å²) in [7, 11) is 0. The maximum atomic E-state index is 11.9. The maximum Gasteiger partial charge on any atom is 0.336 e. The van der Waals surface area contributed by atoms with Gasteiger partial charge in [-0.2, -0.15) is 0 Å². The summed E-state index contributed by atoms with van der Waals surface area (Å²) in [5.74, 6) is 0.499. The second-order valence-corrected chi connectivity index (χ2v) is 6.96. The summed E-state index contributed by atoms with van der Waals surface area (Å²) in [5.41, 5.74) is 3.87. The summed E-state index contributed by atoms with van der Waals surface area (Å²) in [4.78, 5) is 22.8. The van der Waals surface area contributed by atoms with Crippen molar-refractivity contribution >= 4 is 11.0 Å². The fourth-order valence-electron chi connectivity index (χ4n) is 3.80. The molecule has 1 saturated heterocycles. The van der Waals surface area contributed by atoms with Gasteiger partial charge in [0.25, 0.3) is 0 Å². The highest BCUT2D eigenvalue weighted by molar-refractivity contribution is 5.80. The van der Waals surface area contributed by atoms with Gasteiger partial charge in [0.1, 0.15) is 11.9 Å². The predicted molar refractivity (Wildman–Crippen MR) is 101 cm³/mol. The summed E-state index contributed by atoms with van der Waals surface area (Å²) in [5, 5.41) is 1.06. The van der Waals surface area contributed by atoms with Crippen molar-refractivity contribution in [3.63, 3.8) is 0 Å². The average Bonchev–Trinajstić information content (AvgIpc) is 2.69. The van der Waals surface area contributed by atoms with Gasteiger partial charge in [-0.25, -0.2) is 14.8 Å². The molecule has 0 amide bonds. The van der Waals surface area contributed by atoms with Gasteiger partial charge in [-0.05, 0) is 61.7 Å². The molecular formula is C21H23N3O2. The Morgan fingerprint density at radius 3 is 2.77 bits per heavy atom. The molecule has 0 atom stereocenters. The molecule has 4 rings (SSSR count). The molecule has 134 valence electrons. The van der Waals surface area contributed by atoms with Crippen LogP contribution in [0.2, 0.25) is 0 Å². The van der Waals surface area contributed by atoms with Gasteiger partial charge in [-0.3, -0.25) is 4.90 Å². The molecule has 3 heterocycles. The van der Waals surface area contributed by atoms with Crippen LogP contribution in [-0.2, 0) is 13.0 Å². The summed E-state index contributed by atoms with van der Waals surface area (Å²) < 4.78 is 5.38. The largest absolute Gasteiger partial charge is 0.423 e. The molecule has 2 aromatic heterocycles. The summed E-state index contributed by atoms with van der Waals surface area (Å²) >= 11 is 0. The molecule has 3 aromatic rings. The Morgan fingerprint density at radius 2 is 2.04 bits per heavy atom. The minimum atomic E-state index is -0.271. The third-order valence-electron chi connectivity index (χ3n) is 5.31. The molecule has 0 N–H and O–H groups in total. The van der Waals surface area contributed by atoms with Crippen molar-refractivity contribution in [1.82, 2.24) is 14.9 Å². The third kappa shape index (κ3) is 3.53. The number of hydrogen-bond donors (Lipinski definition) is 0. The first-order chi connectivity index (χ1) is 12.7. The molecule has 26 heavy (non-hydrogen) atoms. The molecule has 1 fully saturated rings. The Bertz CT molecular complexity index is 944. The molecule has 0 bridgehead atoms. The fraction of sp³-hybridized carbons (Fsp3) is 0.381. The van der Waals surface area contributed by atoms with Gasteiger partial charge in [0.05, 0.1) is 0 Å². The van der Waals surface area contributed by atoms with Crippen molar-refractivity contribution < 1.29 is 4.42 Å². The minimum Gasteiger partial charge on any atom is -0.423 e. The lowest BCUT2D eigenvalue weighted by atomic mass is 9.93. The smallest absolute Gasteiger partial charge is 0.336 e. The van der Waals surface area contributed by atoms with Crippen LogP contribution in [-0.4, -0.2) is 28.0 Å². The van der Waals surface area contributed by atoms with Crippen LogP contribution in [0.1, 0.15) is 42.5 Å². The van der Waals surface area contributed by atoms with Crippen LogP contribution in [0.5, 0.6) is 0 Å². The van der Waals surface area contributed by atoms with E-state index in [1.54, 1.807) is 12.4 Å². The van der Waals surface area contributed by atoms with Crippen molar-refractivity contribution in [3.8, 4) is 0 Å². The molecule has 1 aromatic carbocycles. The van der Waals surface area contributed by atoms with E-state index in [1.807, 2.05) is 24.4 Å². The highest BCUT2D eigenvalue weighted by Crippen LogP contribution is 2.28. The van der Waals surface area contributed by atoms with E-state index in [9.17, 15) is 4.79 Å². The lowest BCUT2D eigenvalue weighted by molar-refractivity contribution is 0.203. The molecule has 0 aliphatic carbocycles. The quantitative estimate of drug-likeness (QED) is 0.675. The van der Waals surface area contributed by atoms with Gasteiger partial charge in [-0.15, -0.1) is 0 Å². The Kier molecular flexibility index (Phi) is 4.80. The molecule has 0 unspecified atom stereocenters. The SMILES string of the molecule is CCc1ccc2oc(=O)cc(CN3CCC(c4ccncn4)CC3)c2c1. The van der Waals surface area contributed by atoms with Crippen LogP contribution >= 0.6 is 0 Å². The third-order valence-corrected chi connectivity index (χ3v) is 5.31. The Labute approximate surface area is 152 Å². The standard InChI is InChI=1S/C21H23N3O2/c1-2-15-3-4-20-18(11-15)17(12-21(25)26-20)13-24-9-6-16(7-10-24)19-5-8-22-14-23-19/h3-5,8,11-12,14,16H,2,6-7,9-10,13H2,1H3. The molecule has 0 radical (unpaired) electrons. The van der Waals surface area contributed by atoms with E-state index in [2.05, 4.69) is 27.9 Å². The van der Waals surface area contributed by atoms with Gasteiger partial charge >= 0.3 is 5.63 Å². The van der Waals surface area contributed by atoms with E-state index in [-0.39, 0.29) is 5.63 Å². The molecule has 1 aliphatic rings. The van der Waals surface area contributed by atoms with Gasteiger partial charge in [-0.1, -0.05) is 13.0 Å². The summed E-state index contributed by atoms with van der Waals surface area (Å²) in [6.45, 7) is 4.93. The molecular weight excluding hydrogens is 326 g/mol. The van der Waals surface area contributed by atoms with Gasteiger partial charge in [0.2, 0.25) is 0 Å². The molecule has 0 saturated carbocycles. The lowest BCUT2D eigenvalue weighted by Crippen LogP contribution is -2.33. The number of rotatable bonds is 4. The van der Waals surface area contributed by atoms with E-state index < -0.39 is 0 Å². The number of piperidine rings is 1. The first-order valence-corrected chi connectivity index (χ1v) is 9.27. The highest BCUT2D eigenvalue weighted by atomic mass is 16.4. The van der Waals surface area contributed by atoms with Gasteiger partial charge in [0, 0.05) is 35.8 Å². The number of hydrogen-bond acceptors (Lipinski definition) is 5. The lowest BCUT2D eigenvalue weighted by Gasteiger charge is -2.31. The van der Waals surface area contributed by atoms with E-state index in [1.165, 1.54) is 5.56 Å². The van der Waals surface area contributed by atoms with E-state index in [0.29, 0.717) is 11.5 Å². The number of fused-ring (bicyclic) bond motifs is 1. The number of aryl methyl sites for hydroxylation is 1. The average molecular weight is 349 g/mol. The van der Waals surface area contributed by atoms with E-state index in [0.717, 1.165) is 55.5 Å². The summed E-state index contributed by atoms with van der Waals surface area (Å²) in [6.07, 6.45) is 6.57. The van der Waals surface area contributed by atoms with Crippen molar-refractivity contribution in [3.05, 3.63) is 70.1 Å². The Hall–Kier alpha value is -2.53. The Balaban J connectivity index is 1.52. The molecule has 5 nitrogen and oxygen atoms in total. The maximum absolute atomic E-state index is 11.9. The van der Waals surface area contributed by atoms with Crippen molar-refractivity contribution in [1.29, 1.82) is 0 Å². The van der Waals surface area contributed by atoms with Crippen molar-refractivity contribution in [2.75, 3.05) is 13.1 Å². The highest BCUT2D eigenvalue weighted by Gasteiger charge is 2.22. The fourth-order valence-corrected chi connectivity index (χ4v) is 3.80. The topological polar surface area (TPSA) is 59.2 Å². The first kappa shape index (κ1) is 16.9. The number of nitrogens with zero attached hydrogens (tertiary/aromatic N) is 3. The van der Waals surface area contributed by atoms with Crippen LogP contribution in [0.25, 0.3) is 11.0 Å². The number of aromatic nitrogens is 2.